The SMILES string of the molecule is CCCCC/C=C\C/C=C\C/C=C\C=C\C(=O)CCCC(=O)OC[C@H](COP(=O)(O)OCCN)OC(=O)CCCCCCCCCCc1oc(CCCCC)c(C)c1C. The maximum atomic E-state index is 12.7. The van der Waals surface area contributed by atoms with Crippen molar-refractivity contribution in [3.05, 3.63) is 71.3 Å². The molecule has 2 atom stereocenters. The molecule has 0 aromatic carbocycles. The van der Waals surface area contributed by atoms with Crippen molar-refractivity contribution in [2.75, 3.05) is 26.4 Å². The summed E-state index contributed by atoms with van der Waals surface area (Å²) in [4.78, 5) is 47.2. The lowest BCUT2D eigenvalue weighted by Crippen LogP contribution is -2.29. The molecule has 0 amide bonds. The molecule has 0 saturated heterocycles. The summed E-state index contributed by atoms with van der Waals surface area (Å²) in [5.41, 5.74) is 7.97. The van der Waals surface area contributed by atoms with Gasteiger partial charge in [0, 0.05) is 38.6 Å². The summed E-state index contributed by atoms with van der Waals surface area (Å²) >= 11 is 0. The van der Waals surface area contributed by atoms with E-state index in [1.807, 2.05) is 12.2 Å². The summed E-state index contributed by atoms with van der Waals surface area (Å²) in [6.07, 6.45) is 35.4. The second-order valence-electron chi connectivity index (χ2n) is 15.2. The van der Waals surface area contributed by atoms with Crippen molar-refractivity contribution < 1.29 is 46.8 Å². The number of phosphoric ester groups is 1. The lowest BCUT2D eigenvalue weighted by atomic mass is 10.0. The minimum absolute atomic E-state index is 0.0132. The van der Waals surface area contributed by atoms with E-state index in [1.54, 1.807) is 6.08 Å². The number of furan rings is 1. The predicted molar refractivity (Wildman–Crippen MR) is 237 cm³/mol. The molecule has 0 aliphatic heterocycles. The second kappa shape index (κ2) is 35.7. The maximum absolute atomic E-state index is 12.7. The van der Waals surface area contributed by atoms with E-state index in [9.17, 15) is 23.8 Å². The fourth-order valence-corrected chi connectivity index (χ4v) is 7.00. The van der Waals surface area contributed by atoms with Crippen molar-refractivity contribution in [2.45, 2.75) is 181 Å². The largest absolute Gasteiger partial charge is 0.472 e. The molecule has 0 aliphatic carbocycles. The highest BCUT2D eigenvalue weighted by molar-refractivity contribution is 7.47. The zero-order valence-corrected chi connectivity index (χ0v) is 37.8. The molecule has 12 heteroatoms. The summed E-state index contributed by atoms with van der Waals surface area (Å²) in [6, 6.07) is 0. The standard InChI is InChI=1S/C47H78NO10P/c1-5-7-9-10-11-12-13-14-15-16-19-22-26-30-42(49)31-29-35-46(50)54-38-43(39-56-59(52,53)55-37-36-48)57-47(51)34-28-24-21-18-17-20-23-27-33-45-41(4)40(3)44(58-45)32-25-8-6-2/h11-12,14-15,19,22,26,30,43H,5-10,13,16-18,20-21,23-25,27-29,31-39,48H2,1-4H3,(H,52,53)/b12-11-,15-14-,22-19-,30-26+/t43-/m1/s1. The number of unbranched alkanes of at least 4 members (excludes halogenated alkanes) is 12. The monoisotopic (exact) mass is 848 g/mol. The Morgan fingerprint density at radius 3 is 1.92 bits per heavy atom. The molecule has 1 aromatic rings. The first-order valence-corrected chi connectivity index (χ1v) is 23.9. The van der Waals surface area contributed by atoms with Crippen LogP contribution in [-0.2, 0) is 50.3 Å². The summed E-state index contributed by atoms with van der Waals surface area (Å²) in [5, 5.41) is 0. The summed E-state index contributed by atoms with van der Waals surface area (Å²) in [5.74, 6) is 1.08. The third kappa shape index (κ3) is 29.7. The molecule has 59 heavy (non-hydrogen) atoms. The number of allylic oxidation sites excluding steroid dienone is 8. The fourth-order valence-electron chi connectivity index (χ4n) is 6.24. The zero-order valence-electron chi connectivity index (χ0n) is 36.9. The topological polar surface area (TPSA) is 165 Å². The Bertz CT molecular complexity index is 1450. The van der Waals surface area contributed by atoms with E-state index < -0.39 is 32.5 Å². The van der Waals surface area contributed by atoms with Gasteiger partial charge in [-0.15, -0.1) is 0 Å². The molecule has 336 valence electrons. The van der Waals surface area contributed by atoms with E-state index in [1.165, 1.54) is 55.7 Å². The van der Waals surface area contributed by atoms with Gasteiger partial charge in [0.2, 0.25) is 0 Å². The lowest BCUT2D eigenvalue weighted by Gasteiger charge is -2.19. The first kappa shape index (κ1) is 53.9. The number of nitrogens with two attached hydrogens (primary N) is 1. The Kier molecular flexibility index (Phi) is 32.6. The van der Waals surface area contributed by atoms with Gasteiger partial charge in [-0.2, -0.15) is 0 Å². The highest BCUT2D eigenvalue weighted by atomic mass is 31.2. The van der Waals surface area contributed by atoms with Crippen molar-refractivity contribution in [3.8, 4) is 0 Å². The normalized spacial score (nSPS) is 13.6. The van der Waals surface area contributed by atoms with E-state index in [0.717, 1.165) is 88.6 Å². The molecule has 0 aliphatic rings. The van der Waals surface area contributed by atoms with Crippen LogP contribution in [0.3, 0.4) is 0 Å². The molecule has 0 spiro atoms. The first-order valence-electron chi connectivity index (χ1n) is 22.4. The average molecular weight is 848 g/mol. The Hall–Kier alpha value is -3.08. The number of ether oxygens (including phenoxy) is 2. The number of ketones is 1. The molecule has 0 saturated carbocycles. The highest BCUT2D eigenvalue weighted by Crippen LogP contribution is 2.43. The molecule has 1 rings (SSSR count). The van der Waals surface area contributed by atoms with Crippen LogP contribution in [0.15, 0.2) is 53.0 Å². The molecule has 1 aromatic heterocycles. The number of carbonyl (C=O) groups excluding carboxylic acids is 3. The van der Waals surface area contributed by atoms with Gasteiger partial charge in [-0.05, 0) is 82.4 Å². The third-order valence-corrected chi connectivity index (χ3v) is 10.9. The van der Waals surface area contributed by atoms with Crippen LogP contribution in [0.5, 0.6) is 0 Å². The first-order chi connectivity index (χ1) is 28.5. The summed E-state index contributed by atoms with van der Waals surface area (Å²) in [6.45, 7) is 7.70. The van der Waals surface area contributed by atoms with Crippen LogP contribution in [0.25, 0.3) is 0 Å². The van der Waals surface area contributed by atoms with Crippen molar-refractivity contribution in [1.29, 1.82) is 0 Å². The van der Waals surface area contributed by atoms with Gasteiger partial charge in [0.25, 0.3) is 0 Å². The quantitative estimate of drug-likeness (QED) is 0.0162. The van der Waals surface area contributed by atoms with Crippen LogP contribution in [0.2, 0.25) is 0 Å². The van der Waals surface area contributed by atoms with Gasteiger partial charge >= 0.3 is 19.8 Å². The van der Waals surface area contributed by atoms with Gasteiger partial charge in [0.05, 0.1) is 13.2 Å². The smallest absolute Gasteiger partial charge is 0.466 e. The van der Waals surface area contributed by atoms with Crippen LogP contribution >= 0.6 is 7.82 Å². The fraction of sp³-hybridized carbons (Fsp3) is 0.681. The lowest BCUT2D eigenvalue weighted by molar-refractivity contribution is -0.161. The van der Waals surface area contributed by atoms with Gasteiger partial charge in [0.15, 0.2) is 11.9 Å². The number of hydrogen-bond donors (Lipinski definition) is 2. The molecule has 1 unspecified atom stereocenters. The number of carbonyl (C=O) groups is 3. The number of phosphoric acid groups is 1. The van der Waals surface area contributed by atoms with Crippen LogP contribution < -0.4 is 5.73 Å². The summed E-state index contributed by atoms with van der Waals surface area (Å²) in [7, 11) is -4.45. The van der Waals surface area contributed by atoms with Crippen molar-refractivity contribution in [3.63, 3.8) is 0 Å². The van der Waals surface area contributed by atoms with Gasteiger partial charge in [-0.1, -0.05) is 121 Å². The minimum atomic E-state index is -4.45. The molecule has 1 heterocycles. The average Bonchev–Trinajstić information content (AvgIpc) is 3.48. The zero-order chi connectivity index (χ0) is 43.4. The molecular formula is C47H78NO10P. The van der Waals surface area contributed by atoms with Gasteiger partial charge in [-0.25, -0.2) is 4.57 Å². The van der Waals surface area contributed by atoms with Crippen molar-refractivity contribution in [1.82, 2.24) is 0 Å². The van der Waals surface area contributed by atoms with E-state index in [4.69, 9.17) is 28.7 Å². The third-order valence-electron chi connectivity index (χ3n) is 9.90. The van der Waals surface area contributed by atoms with Gasteiger partial charge in [0.1, 0.15) is 18.1 Å². The molecule has 0 fully saturated rings. The molecule has 3 N–H and O–H groups in total. The summed E-state index contributed by atoms with van der Waals surface area (Å²) < 4.78 is 38.9. The maximum Gasteiger partial charge on any atom is 0.472 e. The van der Waals surface area contributed by atoms with Crippen molar-refractivity contribution >= 4 is 25.5 Å². The minimum Gasteiger partial charge on any atom is -0.466 e. The Morgan fingerprint density at radius 1 is 0.678 bits per heavy atom. The number of rotatable bonds is 38. The molecule has 11 nitrogen and oxygen atoms in total. The van der Waals surface area contributed by atoms with E-state index in [2.05, 4.69) is 52.0 Å². The van der Waals surface area contributed by atoms with E-state index >= 15 is 0 Å². The number of esters is 2. The van der Waals surface area contributed by atoms with Gasteiger partial charge < -0.3 is 24.5 Å². The second-order valence-corrected chi connectivity index (χ2v) is 16.6. The van der Waals surface area contributed by atoms with Crippen LogP contribution in [0.1, 0.15) is 171 Å². The molecule has 0 bridgehead atoms. The Morgan fingerprint density at radius 2 is 1.25 bits per heavy atom. The van der Waals surface area contributed by atoms with E-state index in [-0.39, 0.29) is 51.2 Å². The van der Waals surface area contributed by atoms with Gasteiger partial charge in [-0.3, -0.25) is 23.4 Å². The van der Waals surface area contributed by atoms with Crippen molar-refractivity contribution in [2.24, 2.45) is 5.73 Å². The number of aryl methyl sites for hydroxylation is 2. The number of hydrogen-bond acceptors (Lipinski definition) is 10. The van der Waals surface area contributed by atoms with Crippen LogP contribution in [0.4, 0.5) is 0 Å². The molecule has 0 radical (unpaired) electrons. The van der Waals surface area contributed by atoms with Crippen LogP contribution in [0, 0.1) is 13.8 Å². The molecular weight excluding hydrogens is 769 g/mol. The van der Waals surface area contributed by atoms with Crippen LogP contribution in [-0.4, -0.2) is 55.1 Å². The predicted octanol–water partition coefficient (Wildman–Crippen LogP) is 11.6. The highest BCUT2D eigenvalue weighted by Gasteiger charge is 2.26. The van der Waals surface area contributed by atoms with E-state index in [0.29, 0.717) is 6.42 Å². The Balaban J connectivity index is 2.34. The Labute approximate surface area is 356 Å².